The topological polar surface area (TPSA) is 61.7 Å². The van der Waals surface area contributed by atoms with Crippen molar-refractivity contribution in [3.05, 3.63) is 224 Å². The molecule has 6 heteroatoms. The molecule has 0 amide bonds. The lowest BCUT2D eigenvalue weighted by molar-refractivity contribution is 0.673. The van der Waals surface area contributed by atoms with Crippen LogP contribution in [0.25, 0.3) is 143 Å². The fourth-order valence-corrected chi connectivity index (χ4v) is 11.1. The minimum absolute atomic E-state index is 0.639. The summed E-state index contributed by atoms with van der Waals surface area (Å²) in [7, 11) is 0. The summed E-state index contributed by atoms with van der Waals surface area (Å²) in [5.41, 5.74) is 11.5. The Kier molecular flexibility index (Phi) is 7.97. The Morgan fingerprint density at radius 2 is 0.725 bits per heavy atom. The van der Waals surface area contributed by atoms with Crippen molar-refractivity contribution in [2.45, 2.75) is 0 Å². The quantitative estimate of drug-likeness (QED) is 0.162. The van der Waals surface area contributed by atoms with Gasteiger partial charge in [0.15, 0.2) is 17.5 Å². The average Bonchev–Trinajstić information content (AvgIpc) is 4.09. The van der Waals surface area contributed by atoms with E-state index >= 15 is 0 Å². The molecule has 0 aliphatic rings. The van der Waals surface area contributed by atoms with Crippen LogP contribution in [0.2, 0.25) is 0 Å². The van der Waals surface area contributed by atoms with E-state index in [1.807, 2.05) is 66.7 Å². The molecule has 4 heterocycles. The first-order valence-electron chi connectivity index (χ1n) is 23.3. The zero-order valence-electron chi connectivity index (χ0n) is 37.0. The van der Waals surface area contributed by atoms with Gasteiger partial charge in [-0.05, 0) is 99.0 Å². The van der Waals surface area contributed by atoms with E-state index in [2.05, 4.69) is 167 Å². The van der Waals surface area contributed by atoms with Crippen LogP contribution in [0.3, 0.4) is 0 Å². The van der Waals surface area contributed by atoms with E-state index < -0.39 is 0 Å². The normalized spacial score (nSPS) is 12.1. The second-order valence-corrected chi connectivity index (χ2v) is 17.9. The maximum Gasteiger partial charge on any atom is 0.164 e. The molecule has 320 valence electrons. The molecule has 0 atom stereocenters. The van der Waals surface area contributed by atoms with E-state index in [0.717, 1.165) is 82.8 Å². The summed E-state index contributed by atoms with van der Waals surface area (Å²) >= 11 is 0. The first-order chi connectivity index (χ1) is 34.2. The summed E-state index contributed by atoms with van der Waals surface area (Å²) in [5.74, 6) is 1.93. The molecule has 0 saturated heterocycles. The van der Waals surface area contributed by atoms with Crippen molar-refractivity contribution in [2.24, 2.45) is 0 Å². The van der Waals surface area contributed by atoms with Crippen molar-refractivity contribution in [3.63, 3.8) is 0 Å². The number of aromatic nitrogens is 5. The number of benzene rings is 11. The Bertz CT molecular complexity index is 4520. The maximum atomic E-state index is 6.62. The molecule has 0 saturated carbocycles. The summed E-state index contributed by atoms with van der Waals surface area (Å²) in [6, 6.07) is 79.8. The molecule has 4 aromatic heterocycles. The van der Waals surface area contributed by atoms with Crippen LogP contribution >= 0.6 is 0 Å². The number of fused-ring (bicyclic) bond motifs is 16. The van der Waals surface area contributed by atoms with Gasteiger partial charge in [0.1, 0.15) is 11.2 Å². The molecule has 0 aliphatic heterocycles. The molecule has 15 aromatic rings. The van der Waals surface area contributed by atoms with Gasteiger partial charge in [-0.25, -0.2) is 15.0 Å². The van der Waals surface area contributed by atoms with Gasteiger partial charge in [0.25, 0.3) is 0 Å². The van der Waals surface area contributed by atoms with Gasteiger partial charge in [0.2, 0.25) is 0 Å². The van der Waals surface area contributed by atoms with Gasteiger partial charge in [-0.2, -0.15) is 0 Å². The number of rotatable bonds is 5. The van der Waals surface area contributed by atoms with Crippen LogP contribution in [0.15, 0.2) is 229 Å². The maximum absolute atomic E-state index is 6.62. The van der Waals surface area contributed by atoms with Crippen LogP contribution in [0.4, 0.5) is 0 Å². The molecular formula is C63H37N5O. The fourth-order valence-electron chi connectivity index (χ4n) is 11.1. The molecule has 0 N–H and O–H groups in total. The Morgan fingerprint density at radius 3 is 1.42 bits per heavy atom. The first-order valence-corrected chi connectivity index (χ1v) is 23.3. The highest BCUT2D eigenvalue weighted by atomic mass is 16.3. The lowest BCUT2D eigenvalue weighted by atomic mass is 9.93. The summed E-state index contributed by atoms with van der Waals surface area (Å²) in [6.07, 6.45) is 0. The van der Waals surface area contributed by atoms with Crippen molar-refractivity contribution in [3.8, 4) is 45.5 Å². The molecule has 69 heavy (non-hydrogen) atoms. The lowest BCUT2D eigenvalue weighted by Crippen LogP contribution is -2.00. The Hall–Kier alpha value is -9.39. The molecule has 0 unspecified atom stereocenters. The summed E-state index contributed by atoms with van der Waals surface area (Å²) < 4.78 is 11.4. The van der Waals surface area contributed by atoms with E-state index in [1.165, 1.54) is 43.1 Å². The van der Waals surface area contributed by atoms with Gasteiger partial charge in [-0.3, -0.25) is 0 Å². The van der Waals surface area contributed by atoms with E-state index in [0.29, 0.717) is 17.5 Å². The van der Waals surface area contributed by atoms with Crippen LogP contribution < -0.4 is 0 Å². The van der Waals surface area contributed by atoms with Crippen LogP contribution in [-0.2, 0) is 0 Å². The van der Waals surface area contributed by atoms with Gasteiger partial charge < -0.3 is 13.6 Å². The molecule has 0 radical (unpaired) electrons. The average molecular weight is 880 g/mol. The first kappa shape index (κ1) is 37.8. The summed E-state index contributed by atoms with van der Waals surface area (Å²) in [5, 5.41) is 14.1. The number of hydrogen-bond donors (Lipinski definition) is 0. The minimum atomic E-state index is 0.639. The third kappa shape index (κ3) is 5.63. The molecular weight excluding hydrogens is 843 g/mol. The zero-order chi connectivity index (χ0) is 45.2. The highest BCUT2D eigenvalue weighted by Gasteiger charge is 2.21. The van der Waals surface area contributed by atoms with Crippen molar-refractivity contribution in [1.29, 1.82) is 0 Å². The predicted molar refractivity (Wildman–Crippen MR) is 285 cm³/mol. The number of hydrogen-bond acceptors (Lipinski definition) is 4. The van der Waals surface area contributed by atoms with Crippen LogP contribution in [-0.4, -0.2) is 24.1 Å². The Morgan fingerprint density at radius 1 is 0.275 bits per heavy atom. The van der Waals surface area contributed by atoms with E-state index in [1.54, 1.807) is 0 Å². The van der Waals surface area contributed by atoms with Gasteiger partial charge in [0.05, 0.1) is 27.5 Å². The van der Waals surface area contributed by atoms with E-state index in [9.17, 15) is 0 Å². The summed E-state index contributed by atoms with van der Waals surface area (Å²) in [6.45, 7) is 0. The third-order valence-corrected chi connectivity index (χ3v) is 14.1. The Balaban J connectivity index is 0.900. The van der Waals surface area contributed by atoms with Crippen LogP contribution in [0.5, 0.6) is 0 Å². The molecule has 0 spiro atoms. The zero-order valence-corrected chi connectivity index (χ0v) is 37.0. The van der Waals surface area contributed by atoms with Crippen molar-refractivity contribution < 1.29 is 4.42 Å². The van der Waals surface area contributed by atoms with Crippen LogP contribution in [0, 0.1) is 0 Å². The monoisotopic (exact) mass is 879 g/mol. The second kappa shape index (κ2) is 14.6. The molecule has 11 aromatic carbocycles. The van der Waals surface area contributed by atoms with E-state index in [4.69, 9.17) is 19.4 Å². The minimum Gasteiger partial charge on any atom is -0.455 e. The predicted octanol–water partition coefficient (Wildman–Crippen LogP) is 16.4. The molecule has 0 bridgehead atoms. The van der Waals surface area contributed by atoms with Gasteiger partial charge in [-0.1, -0.05) is 158 Å². The lowest BCUT2D eigenvalue weighted by Gasteiger charge is -2.15. The Labute approximate surface area is 394 Å². The van der Waals surface area contributed by atoms with Gasteiger partial charge >= 0.3 is 0 Å². The third-order valence-electron chi connectivity index (χ3n) is 14.1. The SMILES string of the molecule is c1ccc(-c2nc(-c3ccccc3)nc(-c3ccc4c5ccc(-n6c7ccccc7c7cc(-n8c9ccccc9c9c%10oc%11ccccc%11c%10ccc98)ccc76)cc5c5ccccc5c4c3)n2)cc1. The van der Waals surface area contributed by atoms with Gasteiger partial charge in [0, 0.05) is 55.0 Å². The smallest absolute Gasteiger partial charge is 0.164 e. The number of para-hydroxylation sites is 3. The van der Waals surface area contributed by atoms with Crippen molar-refractivity contribution >= 4 is 97.9 Å². The molecule has 6 nitrogen and oxygen atoms in total. The number of furan rings is 1. The fraction of sp³-hybridized carbons (Fsp3) is 0. The molecule has 0 aliphatic carbocycles. The highest BCUT2D eigenvalue weighted by Crippen LogP contribution is 2.43. The largest absolute Gasteiger partial charge is 0.455 e. The number of nitrogens with zero attached hydrogens (tertiary/aromatic N) is 5. The van der Waals surface area contributed by atoms with Crippen molar-refractivity contribution in [2.75, 3.05) is 0 Å². The standard InChI is InChI=1S/C63H37N5O/c1-3-15-38(16-4-1)61-64-62(39-17-5-2-6-18-39)66-63(65-61)40-27-30-45-46-31-28-41(36-52(46)44-20-8-7-19-43(44)51(45)35-40)67-54-24-12-9-21-47(54)53-37-42(29-33-56(53)67)68-55-25-13-10-23-50(55)59-57(68)34-32-49-48-22-11-14-26-58(48)69-60(49)59/h1-37H. The highest BCUT2D eigenvalue weighted by molar-refractivity contribution is 6.27. The summed E-state index contributed by atoms with van der Waals surface area (Å²) in [4.78, 5) is 15.1. The van der Waals surface area contributed by atoms with Gasteiger partial charge in [-0.15, -0.1) is 0 Å². The second-order valence-electron chi connectivity index (χ2n) is 17.9. The van der Waals surface area contributed by atoms with Crippen molar-refractivity contribution in [1.82, 2.24) is 24.1 Å². The molecule has 0 fully saturated rings. The van der Waals surface area contributed by atoms with E-state index in [-0.39, 0.29) is 0 Å². The molecule has 15 rings (SSSR count). The van der Waals surface area contributed by atoms with Crippen LogP contribution in [0.1, 0.15) is 0 Å².